The Balaban J connectivity index is 1.45. The molecule has 0 saturated carbocycles. The minimum Gasteiger partial charge on any atom is -0.406 e. The Kier molecular flexibility index (Phi) is 5.07. The highest BCUT2D eigenvalue weighted by molar-refractivity contribution is 6.01. The molecule has 4 rings (SSSR count). The highest BCUT2D eigenvalue weighted by Gasteiger charge is 2.31. The Morgan fingerprint density at radius 2 is 1.77 bits per heavy atom. The van der Waals surface area contributed by atoms with E-state index in [-0.39, 0.29) is 5.69 Å². The Morgan fingerprint density at radius 3 is 2.52 bits per heavy atom. The number of fused-ring (bicyclic) bond motifs is 1. The molecule has 31 heavy (non-hydrogen) atoms. The van der Waals surface area contributed by atoms with Gasteiger partial charge in [-0.25, -0.2) is 14.8 Å². The first-order valence-electron chi connectivity index (χ1n) is 8.90. The topological polar surface area (TPSA) is 118 Å². The van der Waals surface area contributed by atoms with Gasteiger partial charge in [0.2, 0.25) is 0 Å². The summed E-state index contributed by atoms with van der Waals surface area (Å²) in [4.78, 5) is 23.3. The molecule has 5 N–H and O–H groups in total. The van der Waals surface area contributed by atoms with Crippen LogP contribution in [0.25, 0.3) is 22.2 Å². The number of aromatic amines is 1. The number of nitrogens with zero attached hydrogens (tertiary/aromatic N) is 2. The van der Waals surface area contributed by atoms with Gasteiger partial charge in [-0.05, 0) is 29.8 Å². The van der Waals surface area contributed by atoms with Gasteiger partial charge >= 0.3 is 12.4 Å². The van der Waals surface area contributed by atoms with Crippen molar-refractivity contribution in [1.82, 2.24) is 15.0 Å². The number of ether oxygens (including phenoxy) is 1. The van der Waals surface area contributed by atoms with Gasteiger partial charge in [-0.15, -0.1) is 13.2 Å². The van der Waals surface area contributed by atoms with E-state index < -0.39 is 18.1 Å². The number of H-pyrrole nitrogens is 1. The Labute approximate surface area is 173 Å². The second-order valence-corrected chi connectivity index (χ2v) is 6.42. The quantitative estimate of drug-likeness (QED) is 0.374. The van der Waals surface area contributed by atoms with Gasteiger partial charge in [-0.1, -0.05) is 18.2 Å². The van der Waals surface area contributed by atoms with Crippen LogP contribution in [0.2, 0.25) is 0 Å². The van der Waals surface area contributed by atoms with Crippen LogP contribution in [0.5, 0.6) is 5.75 Å². The molecule has 0 spiro atoms. The Morgan fingerprint density at radius 1 is 1.03 bits per heavy atom. The number of carbonyl (C=O) groups excluding carboxylic acids is 1. The monoisotopic (exact) mass is 428 g/mol. The van der Waals surface area contributed by atoms with E-state index >= 15 is 0 Å². The zero-order valence-corrected chi connectivity index (χ0v) is 15.7. The van der Waals surface area contributed by atoms with Gasteiger partial charge < -0.3 is 26.1 Å². The molecule has 2 heterocycles. The van der Waals surface area contributed by atoms with Gasteiger partial charge in [0, 0.05) is 29.2 Å². The number of hydrogen-bond acceptors (Lipinski definition) is 5. The molecule has 2 amide bonds. The summed E-state index contributed by atoms with van der Waals surface area (Å²) in [6.07, 6.45) is -1.68. The van der Waals surface area contributed by atoms with E-state index in [2.05, 4.69) is 30.3 Å². The van der Waals surface area contributed by atoms with Crippen molar-refractivity contribution in [2.45, 2.75) is 6.36 Å². The first-order valence-corrected chi connectivity index (χ1v) is 8.90. The van der Waals surface area contributed by atoms with Gasteiger partial charge in [0.25, 0.3) is 0 Å². The van der Waals surface area contributed by atoms with Crippen LogP contribution in [0.1, 0.15) is 0 Å². The number of anilines is 3. The predicted molar refractivity (Wildman–Crippen MR) is 110 cm³/mol. The number of hydrogen-bond donors (Lipinski definition) is 4. The van der Waals surface area contributed by atoms with Crippen LogP contribution in [0.15, 0.2) is 61.1 Å². The first-order chi connectivity index (χ1) is 14.8. The lowest BCUT2D eigenvalue weighted by molar-refractivity contribution is -0.274. The molecule has 2 aromatic carbocycles. The Hall–Kier alpha value is -4.28. The molecule has 0 aliphatic heterocycles. The fourth-order valence-corrected chi connectivity index (χ4v) is 3.01. The number of urea groups is 1. The van der Waals surface area contributed by atoms with Gasteiger partial charge in [0.1, 0.15) is 23.5 Å². The molecule has 0 radical (unpaired) electrons. The lowest BCUT2D eigenvalue weighted by atomic mass is 10.1. The number of rotatable bonds is 4. The summed E-state index contributed by atoms with van der Waals surface area (Å²) in [5, 5.41) is 5.76. The van der Waals surface area contributed by atoms with E-state index in [1.165, 1.54) is 18.5 Å². The largest absolute Gasteiger partial charge is 0.573 e. The number of aromatic nitrogens is 3. The van der Waals surface area contributed by atoms with Crippen molar-refractivity contribution >= 4 is 34.3 Å². The summed E-state index contributed by atoms with van der Waals surface area (Å²) in [7, 11) is 0. The summed E-state index contributed by atoms with van der Waals surface area (Å²) in [5.74, 6) is -0.0869. The van der Waals surface area contributed by atoms with Crippen molar-refractivity contribution < 1.29 is 22.7 Å². The normalized spacial score (nSPS) is 11.3. The standard InChI is InChI=1S/C20H15F3N6O2/c21-20(22,23)31-14-3-1-2-13(8-14)29-19(30)28-12-6-4-11(5-7-12)15-9-25-18-16(15)17(24)26-10-27-18/h1-10H,(H2,28,29,30)(H3,24,25,26,27). The molecule has 0 bridgehead atoms. The van der Waals surface area contributed by atoms with E-state index in [0.29, 0.717) is 22.5 Å². The van der Waals surface area contributed by atoms with Crippen LogP contribution < -0.4 is 21.1 Å². The zero-order chi connectivity index (χ0) is 22.0. The SMILES string of the molecule is Nc1ncnc2[nH]cc(-c3ccc(NC(=O)Nc4cccc(OC(F)(F)F)c4)cc3)c12. The summed E-state index contributed by atoms with van der Waals surface area (Å²) < 4.78 is 40.8. The first kappa shape index (κ1) is 20.0. The van der Waals surface area contributed by atoms with Crippen LogP contribution in [-0.2, 0) is 0 Å². The smallest absolute Gasteiger partial charge is 0.406 e. The molecule has 0 unspecified atom stereocenters. The Bertz CT molecular complexity index is 1240. The molecule has 0 aliphatic rings. The highest BCUT2D eigenvalue weighted by Crippen LogP contribution is 2.31. The minimum absolute atomic E-state index is 0.144. The van der Waals surface area contributed by atoms with Gasteiger partial charge in [-0.3, -0.25) is 0 Å². The third-order valence-electron chi connectivity index (χ3n) is 4.28. The summed E-state index contributed by atoms with van der Waals surface area (Å²) in [6.45, 7) is 0. The molecule has 0 aliphatic carbocycles. The average Bonchev–Trinajstić information content (AvgIpc) is 3.13. The van der Waals surface area contributed by atoms with Gasteiger partial charge in [-0.2, -0.15) is 0 Å². The molecule has 4 aromatic rings. The lowest BCUT2D eigenvalue weighted by Crippen LogP contribution is -2.20. The number of amides is 2. The van der Waals surface area contributed by atoms with Gasteiger partial charge in [0.15, 0.2) is 0 Å². The third kappa shape index (κ3) is 4.66. The number of nitrogen functional groups attached to an aromatic ring is 1. The molecule has 11 heteroatoms. The molecule has 0 saturated heterocycles. The van der Waals surface area contributed by atoms with E-state index in [1.807, 2.05) is 0 Å². The van der Waals surface area contributed by atoms with E-state index in [1.54, 1.807) is 30.5 Å². The molecule has 2 aromatic heterocycles. The molecule has 0 atom stereocenters. The van der Waals surface area contributed by atoms with E-state index in [4.69, 9.17) is 5.73 Å². The van der Waals surface area contributed by atoms with Crippen molar-refractivity contribution in [3.05, 3.63) is 61.1 Å². The van der Waals surface area contributed by atoms with Crippen molar-refractivity contribution in [2.24, 2.45) is 0 Å². The number of halogens is 3. The zero-order valence-electron chi connectivity index (χ0n) is 15.7. The fourth-order valence-electron chi connectivity index (χ4n) is 3.01. The second-order valence-electron chi connectivity index (χ2n) is 6.42. The third-order valence-corrected chi connectivity index (χ3v) is 4.28. The average molecular weight is 428 g/mol. The van der Waals surface area contributed by atoms with Crippen LogP contribution in [0, 0.1) is 0 Å². The summed E-state index contributed by atoms with van der Waals surface area (Å²) in [6, 6.07) is 11.3. The molecule has 8 nitrogen and oxygen atoms in total. The molecule has 0 fully saturated rings. The van der Waals surface area contributed by atoms with Crippen molar-refractivity contribution in [1.29, 1.82) is 0 Å². The maximum Gasteiger partial charge on any atom is 0.573 e. The maximum atomic E-state index is 12.3. The van der Waals surface area contributed by atoms with Crippen LogP contribution >= 0.6 is 0 Å². The van der Waals surface area contributed by atoms with Crippen LogP contribution in [0.3, 0.4) is 0 Å². The maximum absolute atomic E-state index is 12.3. The van der Waals surface area contributed by atoms with Crippen molar-refractivity contribution in [2.75, 3.05) is 16.4 Å². The predicted octanol–water partition coefficient (Wildman–Crippen LogP) is 4.75. The van der Waals surface area contributed by atoms with Gasteiger partial charge in [0.05, 0.1) is 5.39 Å². The number of nitrogens with one attached hydrogen (secondary N) is 3. The van der Waals surface area contributed by atoms with Crippen molar-refractivity contribution in [3.63, 3.8) is 0 Å². The fraction of sp³-hybridized carbons (Fsp3) is 0.0500. The van der Waals surface area contributed by atoms with E-state index in [0.717, 1.165) is 23.3 Å². The van der Waals surface area contributed by atoms with Crippen LogP contribution in [-0.4, -0.2) is 27.3 Å². The second kappa shape index (κ2) is 7.86. The molecular formula is C20H15F3N6O2. The summed E-state index contributed by atoms with van der Waals surface area (Å²) >= 11 is 0. The number of benzene rings is 2. The molecular weight excluding hydrogens is 413 g/mol. The number of nitrogens with two attached hydrogens (primary N) is 1. The highest BCUT2D eigenvalue weighted by atomic mass is 19.4. The number of carbonyl (C=O) groups is 1. The minimum atomic E-state index is -4.82. The van der Waals surface area contributed by atoms with E-state index in [9.17, 15) is 18.0 Å². The molecule has 158 valence electrons. The van der Waals surface area contributed by atoms with Crippen molar-refractivity contribution in [3.8, 4) is 16.9 Å². The summed E-state index contributed by atoms with van der Waals surface area (Å²) in [5.41, 5.74) is 8.82. The van der Waals surface area contributed by atoms with Crippen LogP contribution in [0.4, 0.5) is 35.2 Å². The lowest BCUT2D eigenvalue weighted by Gasteiger charge is -2.11. The number of alkyl halides is 3.